The molecule has 0 spiro atoms. The average Bonchev–Trinajstić information content (AvgIpc) is 2.77. The first-order valence-electron chi connectivity index (χ1n) is 10.1. The second kappa shape index (κ2) is 8.93. The van der Waals surface area contributed by atoms with Crippen LogP contribution in [0.3, 0.4) is 0 Å². The van der Waals surface area contributed by atoms with Crippen molar-refractivity contribution in [3.8, 4) is 5.75 Å². The number of hydrogen-bond donors (Lipinski definition) is 0. The Morgan fingerprint density at radius 1 is 0.967 bits per heavy atom. The zero-order valence-corrected chi connectivity index (χ0v) is 17.7. The zero-order chi connectivity index (χ0) is 21.0. The third-order valence-corrected chi connectivity index (χ3v) is 7.81. The summed E-state index contributed by atoms with van der Waals surface area (Å²) in [5.74, 6) is 1.31. The second-order valence-electron chi connectivity index (χ2n) is 7.51. The summed E-state index contributed by atoms with van der Waals surface area (Å²) in [6.45, 7) is 2.63. The number of rotatable bonds is 6. The molecule has 7 heteroatoms. The molecule has 0 N–H and O–H groups in total. The van der Waals surface area contributed by atoms with E-state index in [1.807, 2.05) is 61.5 Å². The Bertz CT molecular complexity index is 1060. The lowest BCUT2D eigenvalue weighted by molar-refractivity contribution is 0.281. The van der Waals surface area contributed by atoms with E-state index < -0.39 is 15.3 Å². The largest absolute Gasteiger partial charge is 0.486 e. The number of nitrogens with zero attached hydrogens (tertiary/aromatic N) is 3. The quantitative estimate of drug-likeness (QED) is 0.597. The molecule has 0 amide bonds. The summed E-state index contributed by atoms with van der Waals surface area (Å²) in [4.78, 5) is 8.27. The van der Waals surface area contributed by atoms with Crippen molar-refractivity contribution in [1.29, 1.82) is 0 Å². The van der Waals surface area contributed by atoms with Crippen LogP contribution in [0.2, 0.25) is 0 Å². The summed E-state index contributed by atoms with van der Waals surface area (Å²) in [5, 5.41) is -0.483. The first kappa shape index (κ1) is 20.5. The van der Waals surface area contributed by atoms with Crippen molar-refractivity contribution in [3.05, 3.63) is 90.0 Å². The van der Waals surface area contributed by atoms with E-state index in [0.29, 0.717) is 24.5 Å². The maximum Gasteiger partial charge on any atom is 0.221 e. The lowest BCUT2D eigenvalue weighted by Gasteiger charge is -2.37. The molecule has 2 atom stereocenters. The highest BCUT2D eigenvalue weighted by Gasteiger charge is 2.40. The highest BCUT2D eigenvalue weighted by Crippen LogP contribution is 2.38. The Labute approximate surface area is 177 Å². The van der Waals surface area contributed by atoms with Crippen LogP contribution in [0.4, 0.5) is 0 Å². The van der Waals surface area contributed by atoms with E-state index in [4.69, 9.17) is 4.74 Å². The number of sulfonamides is 1. The topological polar surface area (TPSA) is 72.4 Å². The summed E-state index contributed by atoms with van der Waals surface area (Å²) in [5.41, 5.74) is 1.80. The SMILES string of the molecule is C[C@H]1CCC(c2ccccc2)S(=O)(=O)N1Cc1ccc(OCc2ncccn2)cc1. The van der Waals surface area contributed by atoms with E-state index in [1.54, 1.807) is 22.8 Å². The van der Waals surface area contributed by atoms with Gasteiger partial charge in [0.1, 0.15) is 17.6 Å². The van der Waals surface area contributed by atoms with Crippen LogP contribution in [-0.4, -0.2) is 28.7 Å². The molecule has 1 aliphatic rings. The van der Waals surface area contributed by atoms with Gasteiger partial charge in [-0.3, -0.25) is 0 Å². The van der Waals surface area contributed by atoms with E-state index in [0.717, 1.165) is 17.5 Å². The van der Waals surface area contributed by atoms with Gasteiger partial charge in [-0.25, -0.2) is 18.4 Å². The first-order valence-corrected chi connectivity index (χ1v) is 11.6. The monoisotopic (exact) mass is 423 g/mol. The molecule has 2 heterocycles. The van der Waals surface area contributed by atoms with E-state index in [1.165, 1.54) is 0 Å². The van der Waals surface area contributed by atoms with Crippen molar-refractivity contribution in [3.63, 3.8) is 0 Å². The van der Waals surface area contributed by atoms with E-state index in [2.05, 4.69) is 9.97 Å². The predicted molar refractivity (Wildman–Crippen MR) is 115 cm³/mol. The molecule has 0 saturated carbocycles. The smallest absolute Gasteiger partial charge is 0.221 e. The van der Waals surface area contributed by atoms with Crippen molar-refractivity contribution in [2.75, 3.05) is 0 Å². The third kappa shape index (κ3) is 4.52. The average molecular weight is 424 g/mol. The van der Waals surface area contributed by atoms with Crippen LogP contribution in [0, 0.1) is 0 Å². The minimum Gasteiger partial charge on any atom is -0.486 e. The molecule has 3 aromatic rings. The first-order chi connectivity index (χ1) is 14.5. The van der Waals surface area contributed by atoms with Crippen molar-refractivity contribution < 1.29 is 13.2 Å². The van der Waals surface area contributed by atoms with Gasteiger partial charge in [0, 0.05) is 25.0 Å². The summed E-state index contributed by atoms with van der Waals surface area (Å²) in [6, 6.07) is 18.8. The zero-order valence-electron chi connectivity index (χ0n) is 16.9. The van der Waals surface area contributed by atoms with Gasteiger partial charge in [0.2, 0.25) is 10.0 Å². The van der Waals surface area contributed by atoms with Gasteiger partial charge in [-0.1, -0.05) is 42.5 Å². The molecule has 4 rings (SSSR count). The number of aromatic nitrogens is 2. The highest BCUT2D eigenvalue weighted by atomic mass is 32.2. The maximum atomic E-state index is 13.3. The van der Waals surface area contributed by atoms with Crippen LogP contribution in [0.15, 0.2) is 73.1 Å². The molecule has 156 valence electrons. The fourth-order valence-electron chi connectivity index (χ4n) is 3.78. The molecule has 0 radical (unpaired) electrons. The minimum atomic E-state index is -3.44. The molecule has 1 aliphatic heterocycles. The maximum absolute atomic E-state index is 13.3. The van der Waals surface area contributed by atoms with E-state index in [-0.39, 0.29) is 12.6 Å². The van der Waals surface area contributed by atoms with E-state index >= 15 is 0 Å². The molecular weight excluding hydrogens is 398 g/mol. The Morgan fingerprint density at radius 2 is 1.67 bits per heavy atom. The van der Waals surface area contributed by atoms with Crippen molar-refractivity contribution >= 4 is 10.0 Å². The van der Waals surface area contributed by atoms with Gasteiger partial charge in [0.05, 0.1) is 0 Å². The van der Waals surface area contributed by atoms with E-state index in [9.17, 15) is 8.42 Å². The van der Waals surface area contributed by atoms with Gasteiger partial charge >= 0.3 is 0 Å². The normalized spacial score (nSPS) is 21.2. The van der Waals surface area contributed by atoms with Crippen LogP contribution in [0.25, 0.3) is 0 Å². The lowest BCUT2D eigenvalue weighted by Crippen LogP contribution is -2.44. The number of benzene rings is 2. The Morgan fingerprint density at radius 3 is 2.37 bits per heavy atom. The summed E-state index contributed by atoms with van der Waals surface area (Å²) in [7, 11) is -3.44. The highest BCUT2D eigenvalue weighted by molar-refractivity contribution is 7.89. The molecule has 1 aromatic heterocycles. The summed E-state index contributed by atoms with van der Waals surface area (Å²) in [6.07, 6.45) is 4.85. The molecule has 1 unspecified atom stereocenters. The lowest BCUT2D eigenvalue weighted by atomic mass is 10.0. The Kier molecular flexibility index (Phi) is 6.11. The van der Waals surface area contributed by atoms with Gasteiger partial charge in [0.15, 0.2) is 5.82 Å². The van der Waals surface area contributed by atoms with Gasteiger partial charge in [-0.05, 0) is 49.1 Å². The fourth-order valence-corrected chi connectivity index (χ4v) is 5.97. The van der Waals surface area contributed by atoms with Crippen LogP contribution < -0.4 is 4.74 Å². The molecule has 0 aliphatic carbocycles. The minimum absolute atomic E-state index is 0.0267. The fraction of sp³-hybridized carbons (Fsp3) is 0.304. The van der Waals surface area contributed by atoms with Crippen LogP contribution >= 0.6 is 0 Å². The van der Waals surface area contributed by atoms with Gasteiger partial charge in [-0.15, -0.1) is 0 Å². The third-order valence-electron chi connectivity index (χ3n) is 5.44. The van der Waals surface area contributed by atoms with Crippen molar-refractivity contribution in [2.24, 2.45) is 0 Å². The standard InChI is InChI=1S/C23H25N3O3S/c1-18-8-13-22(20-6-3-2-4-7-20)30(27,28)26(18)16-19-9-11-21(12-10-19)29-17-23-24-14-5-15-25-23/h2-7,9-12,14-15,18,22H,8,13,16-17H2,1H3/t18-,22?/m0/s1. The molecule has 6 nitrogen and oxygen atoms in total. The van der Waals surface area contributed by atoms with Crippen molar-refractivity contribution in [1.82, 2.24) is 14.3 Å². The summed E-state index contributed by atoms with van der Waals surface area (Å²) >= 11 is 0. The predicted octanol–water partition coefficient (Wildman–Crippen LogP) is 4.11. The van der Waals surface area contributed by atoms with Crippen LogP contribution in [-0.2, 0) is 23.2 Å². The number of ether oxygens (including phenoxy) is 1. The van der Waals surface area contributed by atoms with Crippen LogP contribution in [0.1, 0.15) is 42.0 Å². The summed E-state index contributed by atoms with van der Waals surface area (Å²) < 4.78 is 34.0. The van der Waals surface area contributed by atoms with Gasteiger partial charge in [0.25, 0.3) is 0 Å². The second-order valence-corrected chi connectivity index (χ2v) is 9.58. The molecule has 0 bridgehead atoms. The molecular formula is C23H25N3O3S. The molecule has 30 heavy (non-hydrogen) atoms. The number of hydrogen-bond acceptors (Lipinski definition) is 5. The van der Waals surface area contributed by atoms with Crippen molar-refractivity contribution in [2.45, 2.75) is 44.2 Å². The molecule has 1 saturated heterocycles. The Balaban J connectivity index is 1.45. The van der Waals surface area contributed by atoms with Crippen LogP contribution in [0.5, 0.6) is 5.75 Å². The molecule has 1 fully saturated rings. The van der Waals surface area contributed by atoms with Gasteiger partial charge < -0.3 is 4.74 Å². The Hall–Kier alpha value is -2.77. The molecule has 2 aromatic carbocycles. The van der Waals surface area contributed by atoms with Gasteiger partial charge in [-0.2, -0.15) is 4.31 Å².